The van der Waals surface area contributed by atoms with Crippen molar-refractivity contribution < 1.29 is 18.7 Å². The van der Waals surface area contributed by atoms with Gasteiger partial charge in [0.15, 0.2) is 11.6 Å². The van der Waals surface area contributed by atoms with Crippen molar-refractivity contribution in [1.29, 1.82) is 0 Å². The number of carbonyl (C=O) groups is 1. The molecule has 7 heteroatoms. The molecule has 2 heterocycles. The third-order valence-corrected chi connectivity index (χ3v) is 4.51. The summed E-state index contributed by atoms with van der Waals surface area (Å²) in [5.41, 5.74) is 2.27. The molecule has 134 valence electrons. The van der Waals surface area contributed by atoms with Gasteiger partial charge in [-0.25, -0.2) is 9.37 Å². The topological polar surface area (TPSA) is 56.6 Å². The van der Waals surface area contributed by atoms with Gasteiger partial charge in [0.2, 0.25) is 0 Å². The Kier molecular flexibility index (Phi) is 5.03. The molecule has 0 N–H and O–H groups in total. The van der Waals surface area contributed by atoms with Crippen molar-refractivity contribution in [3.05, 3.63) is 47.3 Å². The van der Waals surface area contributed by atoms with Crippen molar-refractivity contribution >= 4 is 5.91 Å². The first-order valence-electron chi connectivity index (χ1n) is 8.26. The fourth-order valence-electron chi connectivity index (χ4n) is 3.13. The molecule has 1 amide bonds. The number of fused-ring (bicyclic) bond motifs is 1. The Hall–Kier alpha value is -2.41. The highest BCUT2D eigenvalue weighted by molar-refractivity contribution is 5.94. The summed E-state index contributed by atoms with van der Waals surface area (Å²) in [6, 6.07) is 4.15. The number of hydrogen-bond donors (Lipinski definition) is 0. The van der Waals surface area contributed by atoms with Crippen LogP contribution in [0.25, 0.3) is 0 Å². The largest absolute Gasteiger partial charge is 0.494 e. The molecule has 1 aromatic carbocycles. The Morgan fingerprint density at radius 1 is 1.44 bits per heavy atom. The zero-order valence-electron chi connectivity index (χ0n) is 14.7. The van der Waals surface area contributed by atoms with Gasteiger partial charge in [-0.15, -0.1) is 0 Å². The number of nitrogens with zero attached hydrogens (tertiary/aromatic N) is 3. The number of aromatic nitrogens is 2. The van der Waals surface area contributed by atoms with Crippen molar-refractivity contribution in [2.45, 2.75) is 25.9 Å². The standard InChI is InChI=1S/C18H22FN3O3/c1-4-25-10-13-8-16-15(20-11-21(16)2)9-22(13)18(23)12-5-6-17(24-3)14(19)7-12/h5-7,11,13H,4,8-10H2,1-3H3. The van der Waals surface area contributed by atoms with Crippen molar-refractivity contribution in [3.63, 3.8) is 0 Å². The minimum atomic E-state index is -0.551. The van der Waals surface area contributed by atoms with E-state index in [1.807, 2.05) is 18.5 Å². The molecule has 1 unspecified atom stereocenters. The number of rotatable bonds is 5. The Balaban J connectivity index is 1.89. The number of amides is 1. The van der Waals surface area contributed by atoms with Crippen LogP contribution < -0.4 is 4.74 Å². The van der Waals surface area contributed by atoms with Crippen LogP contribution in [-0.4, -0.2) is 46.7 Å². The molecule has 0 aliphatic carbocycles. The number of imidazole rings is 1. The number of methoxy groups -OCH3 is 1. The van der Waals surface area contributed by atoms with Crippen LogP contribution in [0.3, 0.4) is 0 Å². The smallest absolute Gasteiger partial charge is 0.254 e. The summed E-state index contributed by atoms with van der Waals surface area (Å²) >= 11 is 0. The molecule has 1 aliphatic heterocycles. The van der Waals surface area contributed by atoms with E-state index in [9.17, 15) is 9.18 Å². The van der Waals surface area contributed by atoms with Crippen LogP contribution in [0.5, 0.6) is 5.75 Å². The van der Waals surface area contributed by atoms with Gasteiger partial charge in [0.05, 0.1) is 38.3 Å². The van der Waals surface area contributed by atoms with E-state index in [4.69, 9.17) is 9.47 Å². The van der Waals surface area contributed by atoms with Gasteiger partial charge < -0.3 is 18.9 Å². The molecule has 1 aromatic heterocycles. The van der Waals surface area contributed by atoms with E-state index >= 15 is 0 Å². The molecule has 1 aliphatic rings. The average Bonchev–Trinajstić information content (AvgIpc) is 2.98. The van der Waals surface area contributed by atoms with Crippen molar-refractivity contribution in [2.24, 2.45) is 7.05 Å². The molecular weight excluding hydrogens is 325 g/mol. The lowest BCUT2D eigenvalue weighted by molar-refractivity contribution is 0.0386. The molecular formula is C18H22FN3O3. The van der Waals surface area contributed by atoms with E-state index in [0.717, 1.165) is 11.4 Å². The Bertz CT molecular complexity index is 775. The molecule has 1 atom stereocenters. The van der Waals surface area contributed by atoms with Gasteiger partial charge in [0.1, 0.15) is 0 Å². The zero-order valence-corrected chi connectivity index (χ0v) is 14.7. The minimum absolute atomic E-state index is 0.111. The number of carbonyl (C=O) groups excluding carboxylic acids is 1. The van der Waals surface area contributed by atoms with Gasteiger partial charge in [0, 0.05) is 31.3 Å². The molecule has 25 heavy (non-hydrogen) atoms. The van der Waals surface area contributed by atoms with Gasteiger partial charge in [-0.2, -0.15) is 0 Å². The number of ether oxygens (including phenoxy) is 2. The third-order valence-electron chi connectivity index (χ3n) is 4.51. The number of hydrogen-bond acceptors (Lipinski definition) is 4. The zero-order chi connectivity index (χ0) is 18.0. The lowest BCUT2D eigenvalue weighted by Crippen LogP contribution is -2.47. The summed E-state index contributed by atoms with van der Waals surface area (Å²) in [5.74, 6) is -0.666. The molecule has 0 fully saturated rings. The number of aryl methyl sites for hydroxylation is 1. The van der Waals surface area contributed by atoms with Crippen LogP contribution in [0.4, 0.5) is 4.39 Å². The second-order valence-electron chi connectivity index (χ2n) is 6.05. The number of benzene rings is 1. The van der Waals surface area contributed by atoms with Crippen LogP contribution in [-0.2, 0) is 24.8 Å². The van der Waals surface area contributed by atoms with Gasteiger partial charge in [0.25, 0.3) is 5.91 Å². The van der Waals surface area contributed by atoms with Gasteiger partial charge in [-0.3, -0.25) is 4.79 Å². The Labute approximate surface area is 146 Å². The van der Waals surface area contributed by atoms with Crippen LogP contribution in [0, 0.1) is 5.82 Å². The molecule has 0 bridgehead atoms. The van der Waals surface area contributed by atoms with E-state index in [2.05, 4.69) is 4.98 Å². The molecule has 0 radical (unpaired) electrons. The lowest BCUT2D eigenvalue weighted by atomic mass is 10.0. The fraction of sp³-hybridized carbons (Fsp3) is 0.444. The summed E-state index contributed by atoms with van der Waals surface area (Å²) in [5, 5.41) is 0. The van der Waals surface area contributed by atoms with Crippen molar-refractivity contribution in [2.75, 3.05) is 20.3 Å². The average molecular weight is 347 g/mol. The Morgan fingerprint density at radius 2 is 2.24 bits per heavy atom. The molecule has 6 nitrogen and oxygen atoms in total. The highest BCUT2D eigenvalue weighted by Gasteiger charge is 2.33. The van der Waals surface area contributed by atoms with Crippen LogP contribution >= 0.6 is 0 Å². The molecule has 3 rings (SSSR count). The summed E-state index contributed by atoms with van der Waals surface area (Å²) in [4.78, 5) is 19.1. The fourth-order valence-corrected chi connectivity index (χ4v) is 3.13. The SMILES string of the molecule is CCOCC1Cc2c(ncn2C)CN1C(=O)c1ccc(OC)c(F)c1. The summed E-state index contributed by atoms with van der Waals surface area (Å²) in [7, 11) is 3.34. The maximum Gasteiger partial charge on any atom is 0.254 e. The second kappa shape index (κ2) is 7.23. The van der Waals surface area contributed by atoms with E-state index in [1.165, 1.54) is 19.2 Å². The first-order valence-corrected chi connectivity index (χ1v) is 8.26. The third kappa shape index (κ3) is 3.37. The van der Waals surface area contributed by atoms with Crippen LogP contribution in [0.2, 0.25) is 0 Å². The highest BCUT2D eigenvalue weighted by atomic mass is 19.1. The van der Waals surface area contributed by atoms with Crippen molar-refractivity contribution in [3.8, 4) is 5.75 Å². The molecule has 2 aromatic rings. The molecule has 0 spiro atoms. The Morgan fingerprint density at radius 3 is 2.92 bits per heavy atom. The maximum atomic E-state index is 14.0. The highest BCUT2D eigenvalue weighted by Crippen LogP contribution is 2.26. The molecule has 0 saturated heterocycles. The number of halogens is 1. The van der Waals surface area contributed by atoms with E-state index < -0.39 is 5.82 Å². The summed E-state index contributed by atoms with van der Waals surface area (Å²) < 4.78 is 26.4. The van der Waals surface area contributed by atoms with Gasteiger partial charge >= 0.3 is 0 Å². The predicted octanol–water partition coefficient (Wildman–Crippen LogP) is 2.17. The predicted molar refractivity (Wildman–Crippen MR) is 90.0 cm³/mol. The normalized spacial score (nSPS) is 16.6. The lowest BCUT2D eigenvalue weighted by Gasteiger charge is -2.35. The van der Waals surface area contributed by atoms with Crippen molar-refractivity contribution in [1.82, 2.24) is 14.5 Å². The monoisotopic (exact) mass is 347 g/mol. The van der Waals surface area contributed by atoms with Gasteiger partial charge in [-0.05, 0) is 25.1 Å². The first-order chi connectivity index (χ1) is 12.0. The molecule has 0 saturated carbocycles. The minimum Gasteiger partial charge on any atom is -0.494 e. The quantitative estimate of drug-likeness (QED) is 0.832. The van der Waals surface area contributed by atoms with E-state index in [-0.39, 0.29) is 17.7 Å². The summed E-state index contributed by atoms with van der Waals surface area (Å²) in [6.45, 7) is 3.32. The van der Waals surface area contributed by atoms with E-state index in [1.54, 1.807) is 17.3 Å². The first kappa shape index (κ1) is 17.4. The van der Waals surface area contributed by atoms with Gasteiger partial charge in [-0.1, -0.05) is 0 Å². The second-order valence-corrected chi connectivity index (χ2v) is 6.05. The summed E-state index contributed by atoms with van der Waals surface area (Å²) in [6.07, 6.45) is 2.42. The maximum absolute atomic E-state index is 14.0. The van der Waals surface area contributed by atoms with E-state index in [0.29, 0.717) is 31.7 Å². The van der Waals surface area contributed by atoms with Crippen LogP contribution in [0.15, 0.2) is 24.5 Å². The van der Waals surface area contributed by atoms with Crippen LogP contribution in [0.1, 0.15) is 28.7 Å².